The third kappa shape index (κ3) is 5.16. The molecule has 3 heterocycles. The van der Waals surface area contributed by atoms with E-state index in [1.165, 1.54) is 0 Å². The maximum Gasteiger partial charge on any atom is 0.237 e. The number of carbonyl (C=O) groups excluding carboxylic acids is 2. The molecule has 11 heteroatoms. The monoisotopic (exact) mass is 470 g/mol. The minimum Gasteiger partial charge on any atom is -0.365 e. The molecule has 2 aromatic heterocycles. The number of alkyl halides is 1. The van der Waals surface area contributed by atoms with Crippen LogP contribution in [0.2, 0.25) is 0 Å². The highest BCUT2D eigenvalue weighted by Gasteiger charge is 2.23. The zero-order chi connectivity index (χ0) is 23.4. The molecule has 1 aliphatic rings. The number of aromatic nitrogens is 4. The van der Waals surface area contributed by atoms with E-state index in [1.807, 2.05) is 31.2 Å². The average Bonchev–Trinajstić information content (AvgIpc) is 3.32. The number of rotatable bonds is 7. The number of hydrogen-bond acceptors (Lipinski definition) is 7. The Labute approximate surface area is 196 Å². The van der Waals surface area contributed by atoms with Gasteiger partial charge in [-0.3, -0.25) is 9.59 Å². The molecule has 0 unspecified atom stereocenters. The minimum atomic E-state index is -0.0328. The second-order valence-corrected chi connectivity index (χ2v) is 8.17. The van der Waals surface area contributed by atoms with E-state index in [0.29, 0.717) is 42.4 Å². The Morgan fingerprint density at radius 3 is 2.61 bits per heavy atom. The number of H-pyrrole nitrogens is 1. The number of aromatic amines is 1. The molecule has 0 radical (unpaired) electrons. The van der Waals surface area contributed by atoms with Crippen LogP contribution >= 0.6 is 11.6 Å². The lowest BCUT2D eigenvalue weighted by Gasteiger charge is -2.32. The van der Waals surface area contributed by atoms with Gasteiger partial charge >= 0.3 is 0 Å². The van der Waals surface area contributed by atoms with Gasteiger partial charge in [0.2, 0.25) is 17.8 Å². The molecule has 1 aliphatic heterocycles. The largest absolute Gasteiger partial charge is 0.365 e. The number of amides is 2. The maximum atomic E-state index is 11.9. The highest BCUT2D eigenvalue weighted by atomic mass is 35.5. The van der Waals surface area contributed by atoms with Gasteiger partial charge in [0, 0.05) is 44.0 Å². The fraction of sp³-hybridized carbons (Fsp3) is 0.409. The Balaban J connectivity index is 1.48. The standard InChI is InChI=1S/C22H27ClN8O2/c1-3-17(32)30(2)16-6-4-14(5-7-16)27-22-28-20-19(24-13-25-20)21(29-22)26-15-8-10-31(11-9-15)18(33)12-23/h4-7,13,15H,3,8-12H2,1-2H3,(H3,24,25,26,27,28,29). The van der Waals surface area contributed by atoms with Crippen LogP contribution in [0.25, 0.3) is 11.2 Å². The Morgan fingerprint density at radius 2 is 1.94 bits per heavy atom. The van der Waals surface area contributed by atoms with Gasteiger partial charge in [-0.05, 0) is 37.1 Å². The SMILES string of the molecule is CCC(=O)N(C)c1ccc(Nc2nc(NC3CCN(C(=O)CCl)CC3)c3nc[nH]c3n2)cc1. The molecule has 33 heavy (non-hydrogen) atoms. The van der Waals surface area contributed by atoms with Crippen molar-refractivity contribution in [2.75, 3.05) is 41.6 Å². The number of fused-ring (bicyclic) bond motifs is 1. The van der Waals surface area contributed by atoms with Crippen molar-refractivity contribution in [2.45, 2.75) is 32.2 Å². The van der Waals surface area contributed by atoms with Crippen molar-refractivity contribution in [1.82, 2.24) is 24.8 Å². The van der Waals surface area contributed by atoms with Gasteiger partial charge in [-0.25, -0.2) is 4.98 Å². The molecule has 174 valence electrons. The van der Waals surface area contributed by atoms with Crippen molar-refractivity contribution < 1.29 is 9.59 Å². The lowest BCUT2D eigenvalue weighted by atomic mass is 10.1. The number of nitrogens with zero attached hydrogens (tertiary/aromatic N) is 5. The average molecular weight is 471 g/mol. The second kappa shape index (κ2) is 10.0. The number of carbonyl (C=O) groups is 2. The van der Waals surface area contributed by atoms with Crippen LogP contribution in [0.5, 0.6) is 0 Å². The number of hydrogen-bond donors (Lipinski definition) is 3. The minimum absolute atomic E-state index is 0.0130. The first-order valence-corrected chi connectivity index (χ1v) is 11.5. The number of likely N-dealkylation sites (tertiary alicyclic amines) is 1. The normalized spacial score (nSPS) is 14.3. The summed E-state index contributed by atoms with van der Waals surface area (Å²) < 4.78 is 0. The first kappa shape index (κ1) is 22.8. The zero-order valence-electron chi connectivity index (χ0n) is 18.6. The van der Waals surface area contributed by atoms with Crippen LogP contribution in [0.15, 0.2) is 30.6 Å². The number of piperidine rings is 1. The zero-order valence-corrected chi connectivity index (χ0v) is 19.4. The van der Waals surface area contributed by atoms with Crippen LogP contribution in [-0.4, -0.2) is 68.7 Å². The van der Waals surface area contributed by atoms with Crippen LogP contribution in [0, 0.1) is 0 Å². The first-order chi connectivity index (χ1) is 16.0. The quantitative estimate of drug-likeness (QED) is 0.454. The summed E-state index contributed by atoms with van der Waals surface area (Å²) in [5.74, 6) is 1.09. The predicted octanol–water partition coefficient (Wildman–Crippen LogP) is 3.11. The van der Waals surface area contributed by atoms with E-state index in [2.05, 4.69) is 30.6 Å². The molecule has 0 bridgehead atoms. The molecule has 0 saturated carbocycles. The highest BCUT2D eigenvalue weighted by molar-refractivity contribution is 6.27. The number of halogens is 1. The third-order valence-corrected chi connectivity index (χ3v) is 6.00. The summed E-state index contributed by atoms with van der Waals surface area (Å²) in [6, 6.07) is 7.68. The molecule has 2 amide bonds. The van der Waals surface area contributed by atoms with E-state index in [0.717, 1.165) is 24.2 Å². The predicted molar refractivity (Wildman–Crippen MR) is 129 cm³/mol. The van der Waals surface area contributed by atoms with Crippen molar-refractivity contribution in [3.63, 3.8) is 0 Å². The Morgan fingerprint density at radius 1 is 1.21 bits per heavy atom. The van der Waals surface area contributed by atoms with Gasteiger partial charge in [0.1, 0.15) is 11.4 Å². The summed E-state index contributed by atoms with van der Waals surface area (Å²) in [6.07, 6.45) is 3.64. The molecular weight excluding hydrogens is 444 g/mol. The topological polar surface area (TPSA) is 119 Å². The molecular formula is C22H27ClN8O2. The Kier molecular flexibility index (Phi) is 6.93. The molecule has 3 aromatic rings. The summed E-state index contributed by atoms with van der Waals surface area (Å²) in [5, 5.41) is 6.69. The Hall–Kier alpha value is -3.40. The molecule has 10 nitrogen and oxygen atoms in total. The van der Waals surface area contributed by atoms with E-state index in [4.69, 9.17) is 11.6 Å². The Bertz CT molecular complexity index is 1130. The molecule has 0 atom stereocenters. The smallest absolute Gasteiger partial charge is 0.237 e. The van der Waals surface area contributed by atoms with E-state index in [9.17, 15) is 9.59 Å². The number of benzene rings is 1. The summed E-state index contributed by atoms with van der Waals surface area (Å²) in [5.41, 5.74) is 2.90. The van der Waals surface area contributed by atoms with Crippen molar-refractivity contribution >= 4 is 57.7 Å². The fourth-order valence-corrected chi connectivity index (χ4v) is 3.99. The van der Waals surface area contributed by atoms with Crippen LogP contribution in [-0.2, 0) is 9.59 Å². The molecule has 0 spiro atoms. The van der Waals surface area contributed by atoms with E-state index >= 15 is 0 Å². The highest BCUT2D eigenvalue weighted by Crippen LogP contribution is 2.25. The molecule has 4 rings (SSSR count). The number of imidazole rings is 1. The van der Waals surface area contributed by atoms with Crippen molar-refractivity contribution in [3.8, 4) is 0 Å². The molecule has 3 N–H and O–H groups in total. The van der Waals surface area contributed by atoms with Gasteiger partial charge in [0.25, 0.3) is 0 Å². The van der Waals surface area contributed by atoms with Crippen LogP contribution in [0.4, 0.5) is 23.1 Å². The fourth-order valence-electron chi connectivity index (χ4n) is 3.82. The van der Waals surface area contributed by atoms with Crippen LogP contribution < -0.4 is 15.5 Å². The van der Waals surface area contributed by atoms with E-state index < -0.39 is 0 Å². The third-order valence-electron chi connectivity index (χ3n) is 5.77. The van der Waals surface area contributed by atoms with Gasteiger partial charge < -0.3 is 25.4 Å². The summed E-state index contributed by atoms with van der Waals surface area (Å²) in [4.78, 5) is 43.7. The van der Waals surface area contributed by atoms with E-state index in [1.54, 1.807) is 23.2 Å². The van der Waals surface area contributed by atoms with Gasteiger partial charge in [-0.15, -0.1) is 11.6 Å². The maximum absolute atomic E-state index is 11.9. The van der Waals surface area contributed by atoms with Crippen molar-refractivity contribution in [1.29, 1.82) is 0 Å². The van der Waals surface area contributed by atoms with Gasteiger partial charge in [0.15, 0.2) is 11.5 Å². The molecule has 1 aromatic carbocycles. The number of anilines is 4. The second-order valence-electron chi connectivity index (χ2n) is 7.91. The lowest BCUT2D eigenvalue weighted by Crippen LogP contribution is -2.43. The summed E-state index contributed by atoms with van der Waals surface area (Å²) >= 11 is 5.67. The van der Waals surface area contributed by atoms with Crippen LogP contribution in [0.1, 0.15) is 26.2 Å². The van der Waals surface area contributed by atoms with Gasteiger partial charge in [-0.2, -0.15) is 9.97 Å². The molecule has 1 fully saturated rings. The summed E-state index contributed by atoms with van der Waals surface area (Å²) in [7, 11) is 1.76. The van der Waals surface area contributed by atoms with Crippen molar-refractivity contribution in [3.05, 3.63) is 30.6 Å². The summed E-state index contributed by atoms with van der Waals surface area (Å²) in [6.45, 7) is 3.15. The van der Waals surface area contributed by atoms with E-state index in [-0.39, 0.29) is 23.7 Å². The molecule has 0 aliphatic carbocycles. The lowest BCUT2D eigenvalue weighted by molar-refractivity contribution is -0.129. The van der Waals surface area contributed by atoms with Gasteiger partial charge in [-0.1, -0.05) is 6.92 Å². The molecule has 1 saturated heterocycles. The first-order valence-electron chi connectivity index (χ1n) is 10.9. The van der Waals surface area contributed by atoms with Crippen LogP contribution in [0.3, 0.4) is 0 Å². The number of nitrogens with one attached hydrogen (secondary N) is 3. The van der Waals surface area contributed by atoms with Crippen molar-refractivity contribution in [2.24, 2.45) is 0 Å². The van der Waals surface area contributed by atoms with Gasteiger partial charge in [0.05, 0.1) is 6.33 Å².